The summed E-state index contributed by atoms with van der Waals surface area (Å²) in [5.41, 5.74) is 0. The Balaban J connectivity index is 0.00000312. The van der Waals surface area contributed by atoms with Gasteiger partial charge in [0.1, 0.15) is 0 Å². The van der Waals surface area contributed by atoms with E-state index in [4.69, 9.17) is 4.74 Å². The molecule has 0 radical (unpaired) electrons. The molecule has 0 spiro atoms. The molecule has 1 aliphatic heterocycles. The molecule has 1 saturated carbocycles. The van der Waals surface area contributed by atoms with Crippen molar-refractivity contribution >= 4 is 35.8 Å². The highest BCUT2D eigenvalue weighted by molar-refractivity contribution is 14.0. The van der Waals surface area contributed by atoms with Crippen molar-refractivity contribution in [1.82, 2.24) is 20.0 Å². The third kappa shape index (κ3) is 8.54. The Bertz CT molecular complexity index is 423. The van der Waals surface area contributed by atoms with Crippen molar-refractivity contribution in [3.8, 4) is 0 Å². The van der Waals surface area contributed by atoms with Gasteiger partial charge in [-0.1, -0.05) is 0 Å². The fourth-order valence-electron chi connectivity index (χ4n) is 2.84. The average Bonchev–Trinajstić information content (AvgIpc) is 3.40. The number of nitrogens with one attached hydrogen (secondary N) is 1. The van der Waals surface area contributed by atoms with E-state index in [1.807, 2.05) is 19.0 Å². The summed E-state index contributed by atoms with van der Waals surface area (Å²) < 4.78 is 5.69. The molecule has 7 nitrogen and oxygen atoms in total. The van der Waals surface area contributed by atoms with Crippen molar-refractivity contribution < 1.29 is 9.53 Å². The number of hydrogen-bond acceptors (Lipinski definition) is 4. The van der Waals surface area contributed by atoms with Gasteiger partial charge >= 0.3 is 0 Å². The smallest absolute Gasteiger partial charge is 0.219 e. The molecule has 0 aromatic rings. The van der Waals surface area contributed by atoms with Gasteiger partial charge in [-0.3, -0.25) is 14.7 Å². The van der Waals surface area contributed by atoms with Gasteiger partial charge in [-0.05, 0) is 18.8 Å². The fourth-order valence-corrected chi connectivity index (χ4v) is 2.84. The lowest BCUT2D eigenvalue weighted by atomic mass is 10.3. The molecule has 0 atom stereocenters. The van der Waals surface area contributed by atoms with Gasteiger partial charge in [0.2, 0.25) is 5.91 Å². The van der Waals surface area contributed by atoms with Crippen LogP contribution >= 0.6 is 24.0 Å². The van der Waals surface area contributed by atoms with Gasteiger partial charge in [-0.15, -0.1) is 24.0 Å². The normalized spacial score (nSPS) is 18.7. The largest absolute Gasteiger partial charge is 0.379 e. The van der Waals surface area contributed by atoms with Crippen molar-refractivity contribution in [2.75, 3.05) is 73.1 Å². The van der Waals surface area contributed by atoms with Crippen molar-refractivity contribution in [3.63, 3.8) is 0 Å². The van der Waals surface area contributed by atoms with Gasteiger partial charge in [0, 0.05) is 73.4 Å². The van der Waals surface area contributed by atoms with Crippen LogP contribution in [-0.4, -0.2) is 99.7 Å². The molecule has 1 amide bonds. The lowest BCUT2D eigenvalue weighted by molar-refractivity contribution is -0.130. The van der Waals surface area contributed by atoms with Crippen molar-refractivity contribution in [1.29, 1.82) is 0 Å². The number of halogens is 1. The molecular weight excluding hydrogens is 433 g/mol. The number of nitrogens with zero attached hydrogens (tertiary/aromatic N) is 4. The van der Waals surface area contributed by atoms with Gasteiger partial charge in [0.25, 0.3) is 0 Å². The molecule has 1 aliphatic carbocycles. The summed E-state index contributed by atoms with van der Waals surface area (Å²) in [6.07, 6.45) is 2.67. The topological polar surface area (TPSA) is 60.4 Å². The summed E-state index contributed by atoms with van der Waals surface area (Å²) in [6.45, 7) is 9.55. The number of carbonyl (C=O) groups excluding carboxylic acids is 1. The molecule has 146 valence electrons. The van der Waals surface area contributed by atoms with Gasteiger partial charge in [-0.2, -0.15) is 0 Å². The van der Waals surface area contributed by atoms with Crippen LogP contribution in [0.25, 0.3) is 0 Å². The van der Waals surface area contributed by atoms with Crippen LogP contribution in [0.3, 0.4) is 0 Å². The van der Waals surface area contributed by atoms with Gasteiger partial charge in [-0.25, -0.2) is 0 Å². The highest BCUT2D eigenvalue weighted by Crippen LogP contribution is 2.28. The highest BCUT2D eigenvalue weighted by atomic mass is 127. The van der Waals surface area contributed by atoms with Crippen molar-refractivity contribution in [3.05, 3.63) is 0 Å². The van der Waals surface area contributed by atoms with Crippen LogP contribution in [0.15, 0.2) is 4.99 Å². The second-order valence-corrected chi connectivity index (χ2v) is 6.76. The molecule has 0 bridgehead atoms. The summed E-state index contributed by atoms with van der Waals surface area (Å²) >= 11 is 0. The molecule has 0 aromatic heterocycles. The zero-order chi connectivity index (χ0) is 17.4. The van der Waals surface area contributed by atoms with Gasteiger partial charge in [0.05, 0.1) is 6.61 Å². The van der Waals surface area contributed by atoms with Crippen LogP contribution in [0.2, 0.25) is 0 Å². The maximum Gasteiger partial charge on any atom is 0.219 e. The number of amides is 1. The first-order chi connectivity index (χ1) is 11.6. The Morgan fingerprint density at radius 1 is 1.28 bits per heavy atom. The van der Waals surface area contributed by atoms with Crippen LogP contribution in [-0.2, 0) is 9.53 Å². The lowest BCUT2D eigenvalue weighted by Crippen LogP contribution is -2.50. The lowest BCUT2D eigenvalue weighted by Gasteiger charge is -2.34. The molecule has 2 rings (SSSR count). The van der Waals surface area contributed by atoms with E-state index in [0.29, 0.717) is 0 Å². The maximum atomic E-state index is 11.3. The second kappa shape index (κ2) is 11.9. The van der Waals surface area contributed by atoms with Crippen LogP contribution in [0.1, 0.15) is 19.8 Å². The molecule has 1 heterocycles. The van der Waals surface area contributed by atoms with Crippen LogP contribution in [0.5, 0.6) is 0 Å². The molecule has 0 unspecified atom stereocenters. The maximum absolute atomic E-state index is 11.3. The number of rotatable bonds is 8. The Morgan fingerprint density at radius 2 is 1.96 bits per heavy atom. The van der Waals surface area contributed by atoms with Crippen LogP contribution in [0.4, 0.5) is 0 Å². The number of aliphatic imine (C=N–C) groups is 1. The van der Waals surface area contributed by atoms with E-state index in [2.05, 4.69) is 20.1 Å². The summed E-state index contributed by atoms with van der Waals surface area (Å²) in [4.78, 5) is 22.1. The monoisotopic (exact) mass is 467 g/mol. The number of likely N-dealkylation sites (N-methyl/N-ethyl adjacent to an activating group) is 1. The van der Waals surface area contributed by atoms with Crippen LogP contribution < -0.4 is 5.32 Å². The summed E-state index contributed by atoms with van der Waals surface area (Å²) in [5, 5.41) is 3.41. The molecule has 0 aromatic carbocycles. The van der Waals surface area contributed by atoms with Crippen LogP contribution in [0, 0.1) is 5.92 Å². The highest BCUT2D eigenvalue weighted by Gasteiger charge is 2.21. The Hall–Kier alpha value is -0.610. The minimum absolute atomic E-state index is 0. The fraction of sp³-hybridized carbons (Fsp3) is 0.882. The third-order valence-corrected chi connectivity index (χ3v) is 4.72. The van der Waals surface area contributed by atoms with E-state index in [-0.39, 0.29) is 29.9 Å². The summed E-state index contributed by atoms with van der Waals surface area (Å²) in [7, 11) is 3.86. The molecule has 2 aliphatic rings. The molecule has 1 N–H and O–H groups in total. The number of guanidine groups is 1. The average molecular weight is 467 g/mol. The molecular formula is C17H34IN5O2. The quantitative estimate of drug-likeness (QED) is 0.247. The molecule has 25 heavy (non-hydrogen) atoms. The van der Waals surface area contributed by atoms with Gasteiger partial charge < -0.3 is 19.9 Å². The Kier molecular flexibility index (Phi) is 10.7. The van der Waals surface area contributed by atoms with Gasteiger partial charge in [0.15, 0.2) is 5.96 Å². The first-order valence-electron chi connectivity index (χ1n) is 9.07. The predicted molar refractivity (Wildman–Crippen MR) is 112 cm³/mol. The van der Waals surface area contributed by atoms with E-state index < -0.39 is 0 Å². The van der Waals surface area contributed by atoms with E-state index in [9.17, 15) is 4.79 Å². The Morgan fingerprint density at radius 3 is 2.52 bits per heavy atom. The molecule has 1 saturated heterocycles. The van der Waals surface area contributed by atoms with E-state index in [1.165, 1.54) is 12.8 Å². The summed E-state index contributed by atoms with van der Waals surface area (Å²) in [6, 6.07) is 0. The molecule has 2 fully saturated rings. The van der Waals surface area contributed by atoms with E-state index >= 15 is 0 Å². The summed E-state index contributed by atoms with van der Waals surface area (Å²) in [5.74, 6) is 1.90. The minimum Gasteiger partial charge on any atom is -0.379 e. The second-order valence-electron chi connectivity index (χ2n) is 6.76. The first kappa shape index (κ1) is 22.4. The Labute approximate surface area is 169 Å². The molecule has 8 heteroatoms. The van der Waals surface area contributed by atoms with Crippen molar-refractivity contribution in [2.45, 2.75) is 19.8 Å². The zero-order valence-corrected chi connectivity index (χ0v) is 18.2. The predicted octanol–water partition coefficient (Wildman–Crippen LogP) is 0.702. The number of carbonyl (C=O) groups is 1. The van der Waals surface area contributed by atoms with E-state index in [0.717, 1.165) is 70.9 Å². The van der Waals surface area contributed by atoms with Crippen molar-refractivity contribution in [2.24, 2.45) is 10.9 Å². The minimum atomic E-state index is 0. The number of ether oxygens (including phenoxy) is 1. The zero-order valence-electron chi connectivity index (χ0n) is 15.9. The standard InChI is InChI=1S/C17H33N5O2.HI/c1-15(23)22-10-8-21(9-11-22)7-6-19-17(18-2)20(3)12-13-24-14-16-4-5-16;/h16H,4-14H2,1-3H3,(H,18,19);1H. The number of piperazine rings is 1. The third-order valence-electron chi connectivity index (χ3n) is 4.72. The number of hydrogen-bond donors (Lipinski definition) is 1. The van der Waals surface area contributed by atoms with E-state index in [1.54, 1.807) is 6.92 Å². The first-order valence-corrected chi connectivity index (χ1v) is 9.07. The SMILES string of the molecule is CN=C(NCCN1CCN(C(C)=O)CC1)N(C)CCOCC1CC1.I.